The molecule has 118 valence electrons. The highest BCUT2D eigenvalue weighted by atomic mass is 32.2. The number of nitrogens with one attached hydrogen (secondary N) is 2. The summed E-state index contributed by atoms with van der Waals surface area (Å²) in [7, 11) is -3.20. The molecule has 0 amide bonds. The molecule has 0 aromatic heterocycles. The fraction of sp³-hybridized carbons (Fsp3) is 0.600. The molecule has 0 saturated carbocycles. The predicted octanol–water partition coefficient (Wildman–Crippen LogP) is 2.99. The van der Waals surface area contributed by atoms with Crippen LogP contribution in [-0.4, -0.2) is 31.7 Å². The summed E-state index contributed by atoms with van der Waals surface area (Å²) in [4.78, 5) is 0. The van der Waals surface area contributed by atoms with E-state index < -0.39 is 10.0 Å². The Labute approximate surface area is 132 Å². The minimum atomic E-state index is -3.20. The molecule has 1 saturated heterocycles. The molecule has 2 N–H and O–H groups in total. The van der Waals surface area contributed by atoms with Gasteiger partial charge in [-0.05, 0) is 50.1 Å². The smallest absolute Gasteiger partial charge is 0.232 e. The van der Waals surface area contributed by atoms with Crippen LogP contribution in [0.1, 0.15) is 38.3 Å². The van der Waals surface area contributed by atoms with E-state index in [0.717, 1.165) is 11.8 Å². The van der Waals surface area contributed by atoms with Crippen molar-refractivity contribution in [3.8, 4) is 0 Å². The summed E-state index contributed by atoms with van der Waals surface area (Å²) in [5.74, 6) is 1.37. The number of anilines is 1. The van der Waals surface area contributed by atoms with Gasteiger partial charge in [0.25, 0.3) is 0 Å². The molecule has 1 aliphatic heterocycles. The quantitative estimate of drug-likeness (QED) is 0.808. The van der Waals surface area contributed by atoms with E-state index in [0.29, 0.717) is 5.69 Å². The second-order valence-electron chi connectivity index (χ2n) is 5.39. The average molecular weight is 329 g/mol. The molecule has 0 unspecified atom stereocenters. The van der Waals surface area contributed by atoms with E-state index in [9.17, 15) is 8.42 Å². The molecular formula is C15H24N2O2S2. The third-order valence-electron chi connectivity index (χ3n) is 3.74. The maximum absolute atomic E-state index is 11.5. The van der Waals surface area contributed by atoms with Gasteiger partial charge in [-0.15, -0.1) is 0 Å². The van der Waals surface area contributed by atoms with Crippen molar-refractivity contribution in [1.29, 1.82) is 0 Å². The van der Waals surface area contributed by atoms with Gasteiger partial charge < -0.3 is 5.32 Å². The lowest BCUT2D eigenvalue weighted by Gasteiger charge is -2.17. The molecule has 2 atom stereocenters. The van der Waals surface area contributed by atoms with Crippen LogP contribution in [0.4, 0.5) is 5.69 Å². The average Bonchev–Trinajstić information content (AvgIpc) is 2.98. The van der Waals surface area contributed by atoms with Gasteiger partial charge in [-0.25, -0.2) is 8.42 Å². The van der Waals surface area contributed by atoms with Crippen molar-refractivity contribution in [3.05, 3.63) is 29.8 Å². The van der Waals surface area contributed by atoms with Crippen molar-refractivity contribution in [1.82, 2.24) is 5.32 Å². The minimum Gasteiger partial charge on any atom is -0.309 e. The molecule has 21 heavy (non-hydrogen) atoms. The summed E-state index contributed by atoms with van der Waals surface area (Å²) in [6, 6.07) is 7.89. The van der Waals surface area contributed by atoms with E-state index >= 15 is 0 Å². The second kappa shape index (κ2) is 7.51. The van der Waals surface area contributed by atoms with Gasteiger partial charge in [0.05, 0.1) is 5.75 Å². The Hall–Kier alpha value is -0.720. The second-order valence-corrected chi connectivity index (χ2v) is 8.81. The largest absolute Gasteiger partial charge is 0.309 e. The standard InChI is InChI=1S/C15H24N2O2S2/c1-3-21(18,19)17-14-8-6-13(7-9-14)12(2)16-11-15-5-4-10-20-15/h6-9,12,15-17H,3-5,10-11H2,1-2H3/t12-,15-/m1/s1. The molecule has 4 nitrogen and oxygen atoms in total. The molecular weight excluding hydrogens is 304 g/mol. The number of benzene rings is 1. The molecule has 1 heterocycles. The van der Waals surface area contributed by atoms with Crippen LogP contribution in [0.25, 0.3) is 0 Å². The van der Waals surface area contributed by atoms with Crippen LogP contribution < -0.4 is 10.0 Å². The van der Waals surface area contributed by atoms with E-state index in [4.69, 9.17) is 0 Å². The van der Waals surface area contributed by atoms with Gasteiger partial charge >= 0.3 is 0 Å². The first kappa shape index (κ1) is 16.6. The Morgan fingerprint density at radius 2 is 2.05 bits per heavy atom. The predicted molar refractivity (Wildman–Crippen MR) is 91.4 cm³/mol. The highest BCUT2D eigenvalue weighted by Gasteiger charge is 2.16. The molecule has 1 fully saturated rings. The Bertz CT molecular complexity index is 537. The van der Waals surface area contributed by atoms with Gasteiger partial charge in [0.2, 0.25) is 10.0 Å². The number of thioether (sulfide) groups is 1. The molecule has 0 spiro atoms. The van der Waals surface area contributed by atoms with Crippen LogP contribution in [0.3, 0.4) is 0 Å². The lowest BCUT2D eigenvalue weighted by atomic mass is 10.1. The summed E-state index contributed by atoms with van der Waals surface area (Å²) < 4.78 is 25.6. The molecule has 1 aromatic carbocycles. The fourth-order valence-corrected chi connectivity index (χ4v) is 4.18. The lowest BCUT2D eigenvalue weighted by Crippen LogP contribution is -2.26. The summed E-state index contributed by atoms with van der Waals surface area (Å²) >= 11 is 2.05. The van der Waals surface area contributed by atoms with Gasteiger partial charge in [0.15, 0.2) is 0 Å². The summed E-state index contributed by atoms with van der Waals surface area (Å²) in [6.07, 6.45) is 2.64. The van der Waals surface area contributed by atoms with Crippen LogP contribution >= 0.6 is 11.8 Å². The third kappa shape index (κ3) is 5.20. The first-order valence-corrected chi connectivity index (χ1v) is 10.2. The van der Waals surface area contributed by atoms with Gasteiger partial charge in [-0.1, -0.05) is 12.1 Å². The molecule has 2 rings (SSSR count). The fourth-order valence-electron chi connectivity index (χ4n) is 2.32. The Kier molecular flexibility index (Phi) is 5.96. The lowest BCUT2D eigenvalue weighted by molar-refractivity contribution is 0.559. The van der Waals surface area contributed by atoms with E-state index in [1.54, 1.807) is 6.92 Å². The van der Waals surface area contributed by atoms with E-state index in [1.807, 2.05) is 24.3 Å². The van der Waals surface area contributed by atoms with Gasteiger partial charge in [0, 0.05) is 23.5 Å². The first-order valence-electron chi connectivity index (χ1n) is 7.45. The van der Waals surface area contributed by atoms with Crippen LogP contribution in [0.5, 0.6) is 0 Å². The number of rotatable bonds is 7. The van der Waals surface area contributed by atoms with Crippen molar-refractivity contribution in [2.75, 3.05) is 22.8 Å². The third-order valence-corrected chi connectivity index (χ3v) is 6.44. The zero-order valence-electron chi connectivity index (χ0n) is 12.6. The normalized spacial score (nSPS) is 20.4. The van der Waals surface area contributed by atoms with E-state index in [1.165, 1.54) is 24.2 Å². The van der Waals surface area contributed by atoms with Crippen LogP contribution in [0.2, 0.25) is 0 Å². The van der Waals surface area contributed by atoms with Gasteiger partial charge in [-0.3, -0.25) is 4.72 Å². The molecule has 0 aliphatic carbocycles. The van der Waals surface area contributed by atoms with Crippen LogP contribution in [0.15, 0.2) is 24.3 Å². The highest BCUT2D eigenvalue weighted by molar-refractivity contribution is 8.00. The maximum atomic E-state index is 11.5. The SMILES string of the molecule is CCS(=O)(=O)Nc1ccc([C@@H](C)NC[C@H]2CCCS2)cc1. The van der Waals surface area contributed by atoms with Gasteiger partial charge in [0.1, 0.15) is 0 Å². The van der Waals surface area contributed by atoms with Crippen LogP contribution in [-0.2, 0) is 10.0 Å². The topological polar surface area (TPSA) is 58.2 Å². The van der Waals surface area contributed by atoms with Crippen molar-refractivity contribution in [2.24, 2.45) is 0 Å². The summed E-state index contributed by atoms with van der Waals surface area (Å²) in [5, 5.41) is 4.30. The van der Waals surface area contributed by atoms with Crippen molar-refractivity contribution in [2.45, 2.75) is 38.0 Å². The zero-order chi connectivity index (χ0) is 15.3. The molecule has 1 aliphatic rings. The first-order chi connectivity index (χ1) is 10.00. The molecule has 6 heteroatoms. The molecule has 0 bridgehead atoms. The zero-order valence-corrected chi connectivity index (χ0v) is 14.3. The maximum Gasteiger partial charge on any atom is 0.232 e. The van der Waals surface area contributed by atoms with Gasteiger partial charge in [-0.2, -0.15) is 11.8 Å². The van der Waals surface area contributed by atoms with Crippen molar-refractivity contribution >= 4 is 27.5 Å². The number of hydrogen-bond acceptors (Lipinski definition) is 4. The summed E-state index contributed by atoms with van der Waals surface area (Å²) in [6.45, 7) is 4.81. The van der Waals surface area contributed by atoms with Crippen LogP contribution in [0, 0.1) is 0 Å². The van der Waals surface area contributed by atoms with E-state index in [-0.39, 0.29) is 11.8 Å². The minimum absolute atomic E-state index is 0.0891. The summed E-state index contributed by atoms with van der Waals surface area (Å²) in [5.41, 5.74) is 1.80. The van der Waals surface area contributed by atoms with Crippen molar-refractivity contribution < 1.29 is 8.42 Å². The Morgan fingerprint density at radius 1 is 1.33 bits per heavy atom. The van der Waals surface area contributed by atoms with E-state index in [2.05, 4.69) is 28.7 Å². The monoisotopic (exact) mass is 328 g/mol. The molecule has 1 aromatic rings. The highest BCUT2D eigenvalue weighted by Crippen LogP contribution is 2.26. The number of sulfonamides is 1. The molecule has 0 radical (unpaired) electrons. The Balaban J connectivity index is 1.88. The Morgan fingerprint density at radius 3 is 2.62 bits per heavy atom. The number of hydrogen-bond donors (Lipinski definition) is 2. The van der Waals surface area contributed by atoms with Crippen molar-refractivity contribution in [3.63, 3.8) is 0 Å².